The molecule has 0 radical (unpaired) electrons. The van der Waals surface area contributed by atoms with Crippen molar-refractivity contribution in [1.29, 1.82) is 0 Å². The molecule has 1 aliphatic rings. The van der Waals surface area contributed by atoms with Gasteiger partial charge in [-0.05, 0) is 50.1 Å². The molecule has 1 heterocycles. The number of piperidine rings is 1. The highest BCUT2D eigenvalue weighted by Crippen LogP contribution is 2.18. The van der Waals surface area contributed by atoms with E-state index in [0.717, 1.165) is 25.9 Å². The molecule has 1 aliphatic heterocycles. The van der Waals surface area contributed by atoms with Crippen LogP contribution in [0.2, 0.25) is 0 Å². The van der Waals surface area contributed by atoms with E-state index in [9.17, 15) is 5.11 Å². The molecule has 1 N–H and O–H groups in total. The Morgan fingerprint density at radius 2 is 1.83 bits per heavy atom. The standard InChI is InChI=1S/C15H23NOS/c17-14-8-11-16(12-9-14)10-4-5-13-18-15-6-2-1-3-7-15/h1-3,6-7,14,17H,4-5,8-13H2. The first-order valence-electron chi connectivity index (χ1n) is 6.93. The lowest BCUT2D eigenvalue weighted by Gasteiger charge is -2.29. The molecule has 2 nitrogen and oxygen atoms in total. The smallest absolute Gasteiger partial charge is 0.0564 e. The van der Waals surface area contributed by atoms with Gasteiger partial charge in [0.1, 0.15) is 0 Å². The second-order valence-corrected chi connectivity index (χ2v) is 6.11. The van der Waals surface area contributed by atoms with Crippen LogP contribution in [-0.2, 0) is 0 Å². The van der Waals surface area contributed by atoms with Crippen molar-refractivity contribution in [3.8, 4) is 0 Å². The molecule has 0 atom stereocenters. The van der Waals surface area contributed by atoms with Gasteiger partial charge >= 0.3 is 0 Å². The van der Waals surface area contributed by atoms with E-state index in [2.05, 4.69) is 35.2 Å². The van der Waals surface area contributed by atoms with Crippen molar-refractivity contribution < 1.29 is 5.11 Å². The van der Waals surface area contributed by atoms with Crippen LogP contribution in [-0.4, -0.2) is 41.5 Å². The molecular weight excluding hydrogens is 242 g/mol. The Morgan fingerprint density at radius 1 is 1.11 bits per heavy atom. The molecule has 0 saturated carbocycles. The average Bonchev–Trinajstić information content (AvgIpc) is 2.42. The highest BCUT2D eigenvalue weighted by atomic mass is 32.2. The second-order valence-electron chi connectivity index (χ2n) is 4.94. The molecule has 1 saturated heterocycles. The fourth-order valence-electron chi connectivity index (χ4n) is 2.29. The number of unbranched alkanes of at least 4 members (excludes halogenated alkanes) is 1. The molecule has 3 heteroatoms. The quantitative estimate of drug-likeness (QED) is 0.632. The fraction of sp³-hybridized carbons (Fsp3) is 0.600. The first kappa shape index (κ1) is 13.9. The largest absolute Gasteiger partial charge is 0.393 e. The van der Waals surface area contributed by atoms with E-state index in [1.54, 1.807) is 0 Å². The van der Waals surface area contributed by atoms with E-state index in [-0.39, 0.29) is 6.10 Å². The zero-order valence-electron chi connectivity index (χ0n) is 10.9. The zero-order chi connectivity index (χ0) is 12.6. The maximum Gasteiger partial charge on any atom is 0.0564 e. The summed E-state index contributed by atoms with van der Waals surface area (Å²) in [6, 6.07) is 10.6. The van der Waals surface area contributed by atoms with Crippen LogP contribution < -0.4 is 0 Å². The summed E-state index contributed by atoms with van der Waals surface area (Å²) in [5, 5.41) is 9.43. The highest BCUT2D eigenvalue weighted by molar-refractivity contribution is 7.99. The Morgan fingerprint density at radius 3 is 2.56 bits per heavy atom. The topological polar surface area (TPSA) is 23.5 Å². The maximum absolute atomic E-state index is 9.43. The summed E-state index contributed by atoms with van der Waals surface area (Å²) in [5.74, 6) is 1.21. The lowest BCUT2D eigenvalue weighted by molar-refractivity contribution is 0.0820. The molecule has 0 spiro atoms. The lowest BCUT2D eigenvalue weighted by atomic mass is 10.1. The highest BCUT2D eigenvalue weighted by Gasteiger charge is 2.15. The van der Waals surface area contributed by atoms with E-state index >= 15 is 0 Å². The van der Waals surface area contributed by atoms with Gasteiger partial charge in [0.15, 0.2) is 0 Å². The summed E-state index contributed by atoms with van der Waals surface area (Å²) in [6.07, 6.45) is 4.42. The number of nitrogens with zero attached hydrogens (tertiary/aromatic N) is 1. The van der Waals surface area contributed by atoms with Gasteiger partial charge in [-0.25, -0.2) is 0 Å². The normalized spacial score (nSPS) is 18.1. The predicted molar refractivity (Wildman–Crippen MR) is 78.1 cm³/mol. The van der Waals surface area contributed by atoms with Gasteiger partial charge in [-0.1, -0.05) is 18.2 Å². The summed E-state index contributed by atoms with van der Waals surface area (Å²) in [7, 11) is 0. The van der Waals surface area contributed by atoms with Gasteiger partial charge in [0.05, 0.1) is 6.10 Å². The monoisotopic (exact) mass is 265 g/mol. The van der Waals surface area contributed by atoms with Crippen molar-refractivity contribution in [1.82, 2.24) is 4.90 Å². The van der Waals surface area contributed by atoms with Crippen LogP contribution in [0.4, 0.5) is 0 Å². The third kappa shape index (κ3) is 5.01. The van der Waals surface area contributed by atoms with Crippen LogP contribution in [0.25, 0.3) is 0 Å². The molecular formula is C15H23NOS. The molecule has 0 amide bonds. The van der Waals surface area contributed by atoms with Gasteiger partial charge in [-0.15, -0.1) is 11.8 Å². The number of aliphatic hydroxyl groups excluding tert-OH is 1. The van der Waals surface area contributed by atoms with Gasteiger partial charge in [-0.3, -0.25) is 0 Å². The van der Waals surface area contributed by atoms with Crippen LogP contribution in [0.3, 0.4) is 0 Å². The Bertz CT molecular complexity index is 323. The van der Waals surface area contributed by atoms with Crippen LogP contribution in [0.15, 0.2) is 35.2 Å². The van der Waals surface area contributed by atoms with E-state index in [0.29, 0.717) is 0 Å². The van der Waals surface area contributed by atoms with Crippen molar-refractivity contribution in [2.75, 3.05) is 25.4 Å². The Kier molecular flexibility index (Phi) is 6.05. The van der Waals surface area contributed by atoms with Crippen molar-refractivity contribution in [3.05, 3.63) is 30.3 Å². The van der Waals surface area contributed by atoms with Crippen molar-refractivity contribution >= 4 is 11.8 Å². The van der Waals surface area contributed by atoms with Crippen LogP contribution in [0.5, 0.6) is 0 Å². The summed E-state index contributed by atoms with van der Waals surface area (Å²) >= 11 is 1.95. The minimum atomic E-state index is -0.0464. The van der Waals surface area contributed by atoms with Crippen molar-refractivity contribution in [2.24, 2.45) is 0 Å². The van der Waals surface area contributed by atoms with Gasteiger partial charge in [0.25, 0.3) is 0 Å². The molecule has 0 aliphatic carbocycles. The second kappa shape index (κ2) is 7.82. The molecule has 1 aromatic rings. The Labute approximate surface area is 114 Å². The third-order valence-electron chi connectivity index (χ3n) is 3.44. The Hall–Kier alpha value is -0.510. The van der Waals surface area contributed by atoms with Gasteiger partial charge in [0, 0.05) is 18.0 Å². The third-order valence-corrected chi connectivity index (χ3v) is 4.54. The first-order chi connectivity index (χ1) is 8.84. The molecule has 1 aromatic carbocycles. The average molecular weight is 265 g/mol. The van der Waals surface area contributed by atoms with E-state index in [1.807, 2.05) is 11.8 Å². The molecule has 2 rings (SSSR count). The summed E-state index contributed by atoms with van der Waals surface area (Å²) in [5.41, 5.74) is 0. The summed E-state index contributed by atoms with van der Waals surface area (Å²) in [6.45, 7) is 3.35. The summed E-state index contributed by atoms with van der Waals surface area (Å²) < 4.78 is 0. The van der Waals surface area contributed by atoms with Crippen molar-refractivity contribution in [2.45, 2.75) is 36.7 Å². The zero-order valence-corrected chi connectivity index (χ0v) is 11.7. The fourth-order valence-corrected chi connectivity index (χ4v) is 3.22. The van der Waals surface area contributed by atoms with Crippen molar-refractivity contribution in [3.63, 3.8) is 0 Å². The lowest BCUT2D eigenvalue weighted by Crippen LogP contribution is -2.36. The van der Waals surface area contributed by atoms with Crippen LogP contribution >= 0.6 is 11.8 Å². The maximum atomic E-state index is 9.43. The molecule has 1 fully saturated rings. The number of rotatable bonds is 6. The number of benzene rings is 1. The number of thioether (sulfide) groups is 1. The van der Waals surface area contributed by atoms with Gasteiger partial charge < -0.3 is 10.0 Å². The first-order valence-corrected chi connectivity index (χ1v) is 7.91. The molecule has 0 unspecified atom stereocenters. The number of hydrogen-bond donors (Lipinski definition) is 1. The molecule has 0 bridgehead atoms. The van der Waals surface area contributed by atoms with Gasteiger partial charge in [0.2, 0.25) is 0 Å². The molecule has 0 aromatic heterocycles. The minimum absolute atomic E-state index is 0.0464. The number of aliphatic hydroxyl groups is 1. The number of hydrogen-bond acceptors (Lipinski definition) is 3. The van der Waals surface area contributed by atoms with E-state index < -0.39 is 0 Å². The predicted octanol–water partition coefficient (Wildman–Crippen LogP) is 3.02. The minimum Gasteiger partial charge on any atom is -0.393 e. The van der Waals surface area contributed by atoms with Crippen LogP contribution in [0.1, 0.15) is 25.7 Å². The van der Waals surface area contributed by atoms with Crippen LogP contribution in [0, 0.1) is 0 Å². The van der Waals surface area contributed by atoms with E-state index in [1.165, 1.54) is 30.0 Å². The molecule has 100 valence electrons. The van der Waals surface area contributed by atoms with Gasteiger partial charge in [-0.2, -0.15) is 0 Å². The number of likely N-dealkylation sites (tertiary alicyclic amines) is 1. The van der Waals surface area contributed by atoms with E-state index in [4.69, 9.17) is 0 Å². The SMILES string of the molecule is OC1CCN(CCCCSc2ccccc2)CC1. The Balaban J connectivity index is 1.51. The summed E-state index contributed by atoms with van der Waals surface area (Å²) in [4.78, 5) is 3.86. The molecule has 18 heavy (non-hydrogen) atoms.